The smallest absolute Gasteiger partial charge is 0.336 e. The number of ether oxygens (including phenoxy) is 1. The normalized spacial score (nSPS) is 10.1. The van der Waals surface area contributed by atoms with Crippen LogP contribution >= 0.6 is 0 Å². The number of carboxylic acids is 1. The van der Waals surface area contributed by atoms with Crippen molar-refractivity contribution in [3.05, 3.63) is 28.8 Å². The summed E-state index contributed by atoms with van der Waals surface area (Å²) in [5, 5.41) is 8.97. The molecule has 0 aromatic heterocycles. The van der Waals surface area contributed by atoms with E-state index in [0.29, 0.717) is 12.2 Å². The van der Waals surface area contributed by atoms with Crippen molar-refractivity contribution in [1.29, 1.82) is 0 Å². The molecule has 1 N–H and O–H groups in total. The maximum Gasteiger partial charge on any atom is 0.336 e. The minimum Gasteiger partial charge on any atom is -0.494 e. The van der Waals surface area contributed by atoms with Gasteiger partial charge in [0, 0.05) is 0 Å². The fraction of sp³-hybridized carbons (Fsp3) is 0.417. The summed E-state index contributed by atoms with van der Waals surface area (Å²) < 4.78 is 5.46. The Kier molecular flexibility index (Phi) is 3.72. The van der Waals surface area contributed by atoms with Crippen LogP contribution in [0, 0.1) is 13.8 Å². The quantitative estimate of drug-likeness (QED) is 0.827. The molecule has 0 fully saturated rings. The fourth-order valence-corrected chi connectivity index (χ4v) is 1.56. The summed E-state index contributed by atoms with van der Waals surface area (Å²) in [4.78, 5) is 10.9. The topological polar surface area (TPSA) is 46.5 Å². The second kappa shape index (κ2) is 4.82. The molecule has 0 saturated heterocycles. The number of hydrogen-bond donors (Lipinski definition) is 1. The SMILES string of the molecule is CCCOc1cc(C)c(C(=O)O)c(C)c1. The van der Waals surface area contributed by atoms with Crippen LogP contribution in [0.1, 0.15) is 34.8 Å². The van der Waals surface area contributed by atoms with E-state index >= 15 is 0 Å². The number of benzene rings is 1. The van der Waals surface area contributed by atoms with Gasteiger partial charge in [-0.2, -0.15) is 0 Å². The molecule has 0 atom stereocenters. The number of aromatic carboxylic acids is 1. The molecule has 82 valence electrons. The predicted molar refractivity (Wildman–Crippen MR) is 58.7 cm³/mol. The van der Waals surface area contributed by atoms with Crippen LogP contribution in [-0.2, 0) is 0 Å². The molecule has 15 heavy (non-hydrogen) atoms. The summed E-state index contributed by atoms with van der Waals surface area (Å²) >= 11 is 0. The van der Waals surface area contributed by atoms with Crippen molar-refractivity contribution in [2.24, 2.45) is 0 Å². The molecule has 0 bridgehead atoms. The Morgan fingerprint density at radius 3 is 2.27 bits per heavy atom. The van der Waals surface area contributed by atoms with Crippen molar-refractivity contribution in [2.75, 3.05) is 6.61 Å². The Balaban J connectivity index is 3.03. The molecule has 0 unspecified atom stereocenters. The Morgan fingerprint density at radius 2 is 1.87 bits per heavy atom. The maximum atomic E-state index is 10.9. The molecular weight excluding hydrogens is 192 g/mol. The zero-order chi connectivity index (χ0) is 11.4. The zero-order valence-electron chi connectivity index (χ0n) is 9.33. The van der Waals surface area contributed by atoms with Crippen molar-refractivity contribution in [1.82, 2.24) is 0 Å². The van der Waals surface area contributed by atoms with Gasteiger partial charge in [-0.1, -0.05) is 6.92 Å². The summed E-state index contributed by atoms with van der Waals surface area (Å²) in [5.41, 5.74) is 1.86. The molecule has 0 aliphatic carbocycles. The lowest BCUT2D eigenvalue weighted by molar-refractivity contribution is 0.0695. The van der Waals surface area contributed by atoms with Gasteiger partial charge >= 0.3 is 5.97 Å². The summed E-state index contributed by atoms with van der Waals surface area (Å²) in [7, 11) is 0. The molecule has 1 rings (SSSR count). The van der Waals surface area contributed by atoms with Crippen molar-refractivity contribution in [2.45, 2.75) is 27.2 Å². The van der Waals surface area contributed by atoms with E-state index in [1.54, 1.807) is 26.0 Å². The lowest BCUT2D eigenvalue weighted by Crippen LogP contribution is -2.04. The molecule has 3 heteroatoms. The minimum absolute atomic E-state index is 0.374. The molecule has 0 amide bonds. The third-order valence-electron chi connectivity index (χ3n) is 2.19. The van der Waals surface area contributed by atoms with E-state index in [9.17, 15) is 4.79 Å². The van der Waals surface area contributed by atoms with Crippen LogP contribution in [0.25, 0.3) is 0 Å². The van der Waals surface area contributed by atoms with Gasteiger partial charge in [0.15, 0.2) is 0 Å². The summed E-state index contributed by atoms with van der Waals surface area (Å²) in [6, 6.07) is 3.54. The predicted octanol–water partition coefficient (Wildman–Crippen LogP) is 2.79. The molecule has 0 saturated carbocycles. The van der Waals surface area contributed by atoms with Gasteiger partial charge < -0.3 is 9.84 Å². The summed E-state index contributed by atoms with van der Waals surface area (Å²) in [5.74, 6) is -0.135. The standard InChI is InChI=1S/C12H16O3/c1-4-5-15-10-6-8(2)11(12(13)14)9(3)7-10/h6-7H,4-5H2,1-3H3,(H,13,14). The molecular formula is C12H16O3. The van der Waals surface area contributed by atoms with Crippen LogP contribution in [0.3, 0.4) is 0 Å². The van der Waals surface area contributed by atoms with E-state index in [0.717, 1.165) is 23.3 Å². The van der Waals surface area contributed by atoms with Crippen molar-refractivity contribution < 1.29 is 14.6 Å². The largest absolute Gasteiger partial charge is 0.494 e. The Labute approximate surface area is 89.7 Å². The lowest BCUT2D eigenvalue weighted by atomic mass is 10.0. The highest BCUT2D eigenvalue weighted by Gasteiger charge is 2.11. The summed E-state index contributed by atoms with van der Waals surface area (Å²) in [6.45, 7) is 6.27. The third-order valence-corrected chi connectivity index (χ3v) is 2.19. The van der Waals surface area contributed by atoms with Gasteiger partial charge in [-0.05, 0) is 43.5 Å². The van der Waals surface area contributed by atoms with E-state index in [2.05, 4.69) is 0 Å². The van der Waals surface area contributed by atoms with Gasteiger partial charge in [0.05, 0.1) is 12.2 Å². The van der Waals surface area contributed by atoms with Crippen LogP contribution in [0.5, 0.6) is 5.75 Å². The molecule has 0 heterocycles. The molecule has 3 nitrogen and oxygen atoms in total. The first-order valence-corrected chi connectivity index (χ1v) is 5.03. The number of carboxylic acid groups (broad SMARTS) is 1. The summed E-state index contributed by atoms with van der Waals surface area (Å²) in [6.07, 6.45) is 0.943. The number of rotatable bonds is 4. The van der Waals surface area contributed by atoms with Crippen molar-refractivity contribution in [3.8, 4) is 5.75 Å². The van der Waals surface area contributed by atoms with Gasteiger partial charge in [-0.3, -0.25) is 0 Å². The van der Waals surface area contributed by atoms with Crippen LogP contribution in [0.15, 0.2) is 12.1 Å². The highest BCUT2D eigenvalue weighted by molar-refractivity contribution is 5.91. The maximum absolute atomic E-state index is 10.9. The molecule has 0 spiro atoms. The molecule has 1 aromatic rings. The second-order valence-corrected chi connectivity index (χ2v) is 3.59. The highest BCUT2D eigenvalue weighted by Crippen LogP contribution is 2.21. The first kappa shape index (κ1) is 11.6. The Morgan fingerprint density at radius 1 is 1.33 bits per heavy atom. The van der Waals surface area contributed by atoms with E-state index in [1.165, 1.54) is 0 Å². The van der Waals surface area contributed by atoms with E-state index in [1.807, 2.05) is 6.92 Å². The second-order valence-electron chi connectivity index (χ2n) is 3.59. The monoisotopic (exact) mass is 208 g/mol. The van der Waals surface area contributed by atoms with Crippen LogP contribution in [0.4, 0.5) is 0 Å². The lowest BCUT2D eigenvalue weighted by Gasteiger charge is -2.10. The van der Waals surface area contributed by atoms with Crippen molar-refractivity contribution in [3.63, 3.8) is 0 Å². The average Bonchev–Trinajstić information content (AvgIpc) is 2.12. The van der Waals surface area contributed by atoms with Gasteiger partial charge in [0.1, 0.15) is 5.75 Å². The van der Waals surface area contributed by atoms with Gasteiger partial charge in [-0.15, -0.1) is 0 Å². The van der Waals surface area contributed by atoms with Gasteiger partial charge in [-0.25, -0.2) is 4.79 Å². The molecule has 1 aromatic carbocycles. The van der Waals surface area contributed by atoms with Crippen LogP contribution in [0.2, 0.25) is 0 Å². The van der Waals surface area contributed by atoms with E-state index < -0.39 is 5.97 Å². The van der Waals surface area contributed by atoms with Crippen molar-refractivity contribution >= 4 is 5.97 Å². The van der Waals surface area contributed by atoms with Crippen LogP contribution < -0.4 is 4.74 Å². The average molecular weight is 208 g/mol. The zero-order valence-corrected chi connectivity index (χ0v) is 9.33. The Bertz CT molecular complexity index is 346. The highest BCUT2D eigenvalue weighted by atomic mass is 16.5. The minimum atomic E-state index is -0.882. The molecule has 0 aliphatic rings. The first-order valence-electron chi connectivity index (χ1n) is 5.03. The third kappa shape index (κ3) is 2.72. The molecule has 0 radical (unpaired) electrons. The number of aryl methyl sites for hydroxylation is 2. The first-order chi connectivity index (χ1) is 7.06. The van der Waals surface area contributed by atoms with Gasteiger partial charge in [0.25, 0.3) is 0 Å². The number of carbonyl (C=O) groups is 1. The Hall–Kier alpha value is -1.51. The fourth-order valence-electron chi connectivity index (χ4n) is 1.56. The van der Waals surface area contributed by atoms with Gasteiger partial charge in [0.2, 0.25) is 0 Å². The van der Waals surface area contributed by atoms with E-state index in [-0.39, 0.29) is 0 Å². The number of hydrogen-bond acceptors (Lipinski definition) is 2. The van der Waals surface area contributed by atoms with Crippen LogP contribution in [-0.4, -0.2) is 17.7 Å². The van der Waals surface area contributed by atoms with E-state index in [4.69, 9.17) is 9.84 Å². The molecule has 0 aliphatic heterocycles.